The molecule has 0 saturated heterocycles. The molecule has 0 aliphatic rings. The van der Waals surface area contributed by atoms with Crippen molar-refractivity contribution in [3.8, 4) is 5.75 Å². The molecule has 0 aromatic heterocycles. The molecule has 0 aliphatic heterocycles. The zero-order chi connectivity index (χ0) is 14.5. The summed E-state index contributed by atoms with van der Waals surface area (Å²) in [6.45, 7) is 11.3. The summed E-state index contributed by atoms with van der Waals surface area (Å²) in [5, 5.41) is 0.229. The number of methoxy groups -OCH3 is 1. The van der Waals surface area contributed by atoms with E-state index in [1.807, 2.05) is 6.08 Å². The van der Waals surface area contributed by atoms with Crippen LogP contribution in [0.25, 0.3) is 0 Å². The highest BCUT2D eigenvalue weighted by atomic mass is 28.4. The first-order valence-electron chi connectivity index (χ1n) is 6.72. The van der Waals surface area contributed by atoms with Crippen LogP contribution in [0.2, 0.25) is 18.1 Å². The number of hydrogen-bond acceptors (Lipinski definition) is 2. The summed E-state index contributed by atoms with van der Waals surface area (Å²) in [6, 6.07) is 8.36. The summed E-state index contributed by atoms with van der Waals surface area (Å²) >= 11 is 0. The van der Waals surface area contributed by atoms with E-state index in [4.69, 9.17) is 9.16 Å². The Morgan fingerprint density at radius 3 is 2.16 bits per heavy atom. The van der Waals surface area contributed by atoms with Crippen molar-refractivity contribution in [3.05, 3.63) is 42.2 Å². The van der Waals surface area contributed by atoms with Crippen LogP contribution >= 0.6 is 0 Å². The van der Waals surface area contributed by atoms with Crippen molar-refractivity contribution in [3.63, 3.8) is 0 Å². The molecule has 0 saturated carbocycles. The predicted molar refractivity (Wildman–Crippen MR) is 84.1 cm³/mol. The van der Waals surface area contributed by atoms with Gasteiger partial charge in [-0.2, -0.15) is 0 Å². The summed E-state index contributed by atoms with van der Waals surface area (Å²) in [6.07, 6.45) is 4.60. The van der Waals surface area contributed by atoms with Crippen LogP contribution in [0.15, 0.2) is 36.6 Å². The molecule has 0 unspecified atom stereocenters. The molecule has 0 aliphatic carbocycles. The Balaban J connectivity index is 2.69. The van der Waals surface area contributed by atoms with Crippen molar-refractivity contribution in [2.75, 3.05) is 7.11 Å². The van der Waals surface area contributed by atoms with E-state index in [-0.39, 0.29) is 5.04 Å². The van der Waals surface area contributed by atoms with E-state index in [1.54, 1.807) is 13.4 Å². The Labute approximate surface area is 118 Å². The van der Waals surface area contributed by atoms with Gasteiger partial charge in [-0.05, 0) is 48.3 Å². The van der Waals surface area contributed by atoms with Crippen LogP contribution in [-0.4, -0.2) is 15.4 Å². The Bertz CT molecular complexity index is 413. The Hall–Kier alpha value is -1.22. The molecule has 0 amide bonds. The van der Waals surface area contributed by atoms with E-state index >= 15 is 0 Å². The third-order valence-electron chi connectivity index (χ3n) is 3.69. The molecule has 0 atom stereocenters. The number of benzene rings is 1. The van der Waals surface area contributed by atoms with Gasteiger partial charge in [-0.15, -0.1) is 0 Å². The third kappa shape index (κ3) is 4.75. The summed E-state index contributed by atoms with van der Waals surface area (Å²) in [4.78, 5) is 0. The number of ether oxygens (including phenoxy) is 1. The van der Waals surface area contributed by atoms with Crippen molar-refractivity contribution in [2.45, 2.75) is 45.3 Å². The average molecular weight is 278 g/mol. The smallest absolute Gasteiger partial charge is 0.250 e. The molecule has 19 heavy (non-hydrogen) atoms. The fourth-order valence-electron chi connectivity index (χ4n) is 1.42. The summed E-state index contributed by atoms with van der Waals surface area (Å²) in [7, 11) is -0.0689. The van der Waals surface area contributed by atoms with Gasteiger partial charge in [0.15, 0.2) is 0 Å². The highest BCUT2D eigenvalue weighted by Crippen LogP contribution is 2.37. The molecule has 0 bridgehead atoms. The van der Waals surface area contributed by atoms with Crippen molar-refractivity contribution in [1.82, 2.24) is 0 Å². The fraction of sp³-hybridized carbons (Fsp3) is 0.500. The molecule has 0 spiro atoms. The molecule has 2 nitrogen and oxygen atoms in total. The first-order valence-corrected chi connectivity index (χ1v) is 9.63. The lowest BCUT2D eigenvalue weighted by atomic mass is 10.1. The van der Waals surface area contributed by atoms with E-state index < -0.39 is 8.32 Å². The van der Waals surface area contributed by atoms with Crippen LogP contribution in [0.4, 0.5) is 0 Å². The SMILES string of the molecule is COC=CCc1ccc(O[Si](C)(C)C(C)(C)C)cc1. The summed E-state index contributed by atoms with van der Waals surface area (Å²) in [5.41, 5.74) is 1.26. The van der Waals surface area contributed by atoms with Gasteiger partial charge in [0.1, 0.15) is 5.75 Å². The largest absolute Gasteiger partial charge is 0.544 e. The quantitative estimate of drug-likeness (QED) is 0.570. The van der Waals surface area contributed by atoms with Crippen LogP contribution in [0, 0.1) is 0 Å². The highest BCUT2D eigenvalue weighted by molar-refractivity contribution is 6.74. The maximum absolute atomic E-state index is 6.24. The zero-order valence-electron chi connectivity index (χ0n) is 13.0. The van der Waals surface area contributed by atoms with Gasteiger partial charge in [0.25, 0.3) is 0 Å². The lowest BCUT2D eigenvalue weighted by molar-refractivity contribution is 0.337. The Morgan fingerprint density at radius 2 is 1.68 bits per heavy atom. The van der Waals surface area contributed by atoms with Gasteiger partial charge >= 0.3 is 0 Å². The molecule has 0 fully saturated rings. The van der Waals surface area contributed by atoms with Crippen LogP contribution < -0.4 is 4.43 Å². The second-order valence-corrected chi connectivity index (χ2v) is 11.0. The van der Waals surface area contributed by atoms with Gasteiger partial charge < -0.3 is 9.16 Å². The van der Waals surface area contributed by atoms with Gasteiger partial charge in [0.2, 0.25) is 8.32 Å². The molecule has 106 valence electrons. The second kappa shape index (κ2) is 6.28. The maximum Gasteiger partial charge on any atom is 0.250 e. The van der Waals surface area contributed by atoms with Crippen LogP contribution in [0.3, 0.4) is 0 Å². The van der Waals surface area contributed by atoms with Gasteiger partial charge in [0, 0.05) is 0 Å². The first kappa shape index (κ1) is 15.8. The van der Waals surface area contributed by atoms with Crippen LogP contribution in [0.1, 0.15) is 26.3 Å². The van der Waals surface area contributed by atoms with E-state index in [0.717, 1.165) is 12.2 Å². The molecule has 3 heteroatoms. The zero-order valence-corrected chi connectivity index (χ0v) is 14.0. The number of hydrogen-bond donors (Lipinski definition) is 0. The van der Waals surface area contributed by atoms with Crippen molar-refractivity contribution in [2.24, 2.45) is 0 Å². The summed E-state index contributed by atoms with van der Waals surface area (Å²) in [5.74, 6) is 0.978. The molecule has 0 heterocycles. The van der Waals surface area contributed by atoms with Gasteiger partial charge in [-0.25, -0.2) is 0 Å². The molecule has 1 aromatic rings. The topological polar surface area (TPSA) is 18.5 Å². The minimum Gasteiger partial charge on any atom is -0.544 e. The van der Waals surface area contributed by atoms with Gasteiger partial charge in [-0.3, -0.25) is 0 Å². The minimum absolute atomic E-state index is 0.229. The fourth-order valence-corrected chi connectivity index (χ4v) is 2.45. The highest BCUT2D eigenvalue weighted by Gasteiger charge is 2.38. The van der Waals surface area contributed by atoms with E-state index in [0.29, 0.717) is 0 Å². The van der Waals surface area contributed by atoms with Crippen molar-refractivity contribution >= 4 is 8.32 Å². The molecule has 0 radical (unpaired) electrons. The number of allylic oxidation sites excluding steroid dienone is 1. The summed E-state index contributed by atoms with van der Waals surface area (Å²) < 4.78 is 11.1. The van der Waals surface area contributed by atoms with E-state index in [9.17, 15) is 0 Å². The van der Waals surface area contributed by atoms with Crippen molar-refractivity contribution < 1.29 is 9.16 Å². The molecule has 1 rings (SSSR count). The predicted octanol–water partition coefficient (Wildman–Crippen LogP) is 4.77. The molecule has 0 N–H and O–H groups in total. The second-order valence-electron chi connectivity index (χ2n) is 6.32. The maximum atomic E-state index is 6.24. The monoisotopic (exact) mass is 278 g/mol. The Kier molecular flexibility index (Phi) is 5.24. The third-order valence-corrected chi connectivity index (χ3v) is 8.05. The van der Waals surface area contributed by atoms with Crippen LogP contribution in [-0.2, 0) is 11.2 Å². The lowest BCUT2D eigenvalue weighted by Crippen LogP contribution is -2.43. The van der Waals surface area contributed by atoms with Gasteiger partial charge in [0.05, 0.1) is 13.4 Å². The standard InChI is InChI=1S/C16H26O2Si/c1-16(2,3)19(5,6)18-15-11-9-14(10-12-15)8-7-13-17-4/h7,9-13H,8H2,1-6H3. The van der Waals surface area contributed by atoms with Crippen molar-refractivity contribution in [1.29, 1.82) is 0 Å². The van der Waals surface area contributed by atoms with Gasteiger partial charge in [-0.1, -0.05) is 32.9 Å². The van der Waals surface area contributed by atoms with E-state index in [2.05, 4.69) is 58.1 Å². The van der Waals surface area contributed by atoms with E-state index in [1.165, 1.54) is 5.56 Å². The molecular weight excluding hydrogens is 252 g/mol. The molecule has 1 aromatic carbocycles. The van der Waals surface area contributed by atoms with Crippen LogP contribution in [0.5, 0.6) is 5.75 Å². The molecular formula is C16H26O2Si. The minimum atomic E-state index is -1.73. The average Bonchev–Trinajstić information content (AvgIpc) is 2.30. The Morgan fingerprint density at radius 1 is 1.11 bits per heavy atom. The number of rotatable bonds is 5. The lowest BCUT2D eigenvalue weighted by Gasteiger charge is -2.36. The normalized spacial score (nSPS) is 12.7. The first-order chi connectivity index (χ1) is 8.76.